The van der Waals surface area contributed by atoms with Crippen LogP contribution in [0.5, 0.6) is 0 Å². The highest BCUT2D eigenvalue weighted by Crippen LogP contribution is 2.17. The molecule has 0 saturated carbocycles. The highest BCUT2D eigenvalue weighted by molar-refractivity contribution is 5.81. The summed E-state index contributed by atoms with van der Waals surface area (Å²) in [4.78, 5) is 15.0. The summed E-state index contributed by atoms with van der Waals surface area (Å²) >= 11 is 0. The van der Waals surface area contributed by atoms with Crippen LogP contribution in [0, 0.1) is 0 Å². The Labute approximate surface area is 109 Å². The molecule has 0 aromatic heterocycles. The summed E-state index contributed by atoms with van der Waals surface area (Å²) in [5.74, 6) is -0.126. The molecule has 1 atom stereocenters. The van der Waals surface area contributed by atoms with Gasteiger partial charge in [0.1, 0.15) is 6.10 Å². The van der Waals surface area contributed by atoms with Crippen LogP contribution in [0.2, 0.25) is 0 Å². The molecule has 0 aromatic carbocycles. The Morgan fingerprint density at radius 1 is 1.26 bits per heavy atom. The summed E-state index contributed by atoms with van der Waals surface area (Å²) in [6.45, 7) is 1.95. The Kier molecular flexibility index (Phi) is 4.64. The Morgan fingerprint density at radius 3 is 2.47 bits per heavy atom. The largest absolute Gasteiger partial charge is 0.401 e. The summed E-state index contributed by atoms with van der Waals surface area (Å²) in [7, 11) is 0. The summed E-state index contributed by atoms with van der Waals surface area (Å²) in [5, 5.41) is 3.06. The molecule has 2 saturated heterocycles. The average Bonchev–Trinajstić information content (AvgIpc) is 2.38. The summed E-state index contributed by atoms with van der Waals surface area (Å²) < 4.78 is 42.1. The second kappa shape index (κ2) is 6.06. The van der Waals surface area contributed by atoms with Crippen LogP contribution in [0.1, 0.15) is 0 Å². The molecule has 0 aromatic rings. The molecule has 1 N–H and O–H groups in total. The fourth-order valence-electron chi connectivity index (χ4n) is 2.31. The lowest BCUT2D eigenvalue weighted by Crippen LogP contribution is -2.56. The second-order valence-corrected chi connectivity index (χ2v) is 4.78. The van der Waals surface area contributed by atoms with Crippen molar-refractivity contribution in [2.45, 2.75) is 12.3 Å². The van der Waals surface area contributed by atoms with Crippen LogP contribution < -0.4 is 5.32 Å². The standard InChI is InChI=1S/C11H18F3N3O2/c12-11(13,14)8-16-2-4-17(5-3-16)10(18)9-7-15-1-6-19-9/h9,15H,1-8H2/t9-/m1/s1. The van der Waals surface area contributed by atoms with Gasteiger partial charge in [0.2, 0.25) is 0 Å². The summed E-state index contributed by atoms with van der Waals surface area (Å²) in [5.41, 5.74) is 0. The molecule has 2 aliphatic heterocycles. The molecule has 0 bridgehead atoms. The third-order valence-electron chi connectivity index (χ3n) is 3.29. The van der Waals surface area contributed by atoms with E-state index in [1.165, 1.54) is 4.90 Å². The maximum absolute atomic E-state index is 12.2. The van der Waals surface area contributed by atoms with Crippen LogP contribution in [-0.4, -0.2) is 80.4 Å². The van der Waals surface area contributed by atoms with Gasteiger partial charge < -0.3 is 15.0 Å². The molecular formula is C11H18F3N3O2. The van der Waals surface area contributed by atoms with Crippen molar-refractivity contribution in [3.8, 4) is 0 Å². The maximum Gasteiger partial charge on any atom is 0.401 e. The van der Waals surface area contributed by atoms with E-state index in [9.17, 15) is 18.0 Å². The molecule has 2 rings (SSSR count). The zero-order chi connectivity index (χ0) is 13.9. The SMILES string of the molecule is O=C([C@H]1CNCCO1)N1CCN(CC(F)(F)F)CC1. The van der Waals surface area contributed by atoms with Crippen LogP contribution in [0.15, 0.2) is 0 Å². The van der Waals surface area contributed by atoms with Crippen molar-refractivity contribution in [2.75, 3.05) is 52.4 Å². The smallest absolute Gasteiger partial charge is 0.366 e. The second-order valence-electron chi connectivity index (χ2n) is 4.78. The number of piperazine rings is 1. The third kappa shape index (κ3) is 4.32. The van der Waals surface area contributed by atoms with Crippen molar-refractivity contribution in [3.05, 3.63) is 0 Å². The Morgan fingerprint density at radius 2 is 1.95 bits per heavy atom. The van der Waals surface area contributed by atoms with Crippen molar-refractivity contribution < 1.29 is 22.7 Å². The molecule has 0 unspecified atom stereocenters. The van der Waals surface area contributed by atoms with E-state index in [-0.39, 0.29) is 19.0 Å². The zero-order valence-corrected chi connectivity index (χ0v) is 10.6. The maximum atomic E-state index is 12.2. The van der Waals surface area contributed by atoms with Crippen LogP contribution in [0.3, 0.4) is 0 Å². The highest BCUT2D eigenvalue weighted by Gasteiger charge is 2.34. The predicted octanol–water partition coefficient (Wildman–Crippen LogP) is -0.319. The first-order chi connectivity index (χ1) is 8.96. The first kappa shape index (κ1) is 14.5. The van der Waals surface area contributed by atoms with Crippen molar-refractivity contribution >= 4 is 5.91 Å². The zero-order valence-electron chi connectivity index (χ0n) is 10.6. The van der Waals surface area contributed by atoms with Crippen molar-refractivity contribution in [2.24, 2.45) is 0 Å². The van der Waals surface area contributed by atoms with Crippen molar-refractivity contribution in [1.82, 2.24) is 15.1 Å². The number of morpholine rings is 1. The van der Waals surface area contributed by atoms with E-state index in [4.69, 9.17) is 4.74 Å². The number of nitrogens with zero attached hydrogens (tertiary/aromatic N) is 2. The number of amides is 1. The van der Waals surface area contributed by atoms with Gasteiger partial charge in [0, 0.05) is 39.3 Å². The monoisotopic (exact) mass is 281 g/mol. The molecular weight excluding hydrogens is 263 g/mol. The Balaban J connectivity index is 1.77. The van der Waals surface area contributed by atoms with Crippen molar-refractivity contribution in [3.63, 3.8) is 0 Å². The lowest BCUT2D eigenvalue weighted by atomic mass is 10.2. The number of alkyl halides is 3. The molecule has 2 aliphatic rings. The summed E-state index contributed by atoms with van der Waals surface area (Å²) in [6, 6.07) is 0. The Bertz CT molecular complexity index is 311. The molecule has 5 nitrogen and oxygen atoms in total. The molecule has 0 aliphatic carbocycles. The van der Waals surface area contributed by atoms with Gasteiger partial charge in [-0.15, -0.1) is 0 Å². The molecule has 110 valence electrons. The van der Waals surface area contributed by atoms with Crippen molar-refractivity contribution in [1.29, 1.82) is 0 Å². The van der Waals surface area contributed by atoms with E-state index in [1.807, 2.05) is 0 Å². The number of ether oxygens (including phenoxy) is 1. The first-order valence-corrected chi connectivity index (χ1v) is 6.36. The molecule has 2 heterocycles. The van der Waals surface area contributed by atoms with E-state index in [0.29, 0.717) is 26.2 Å². The number of rotatable bonds is 2. The third-order valence-corrected chi connectivity index (χ3v) is 3.29. The van der Waals surface area contributed by atoms with E-state index in [2.05, 4.69) is 5.32 Å². The quantitative estimate of drug-likeness (QED) is 0.753. The molecule has 8 heteroatoms. The van der Waals surface area contributed by atoms with Gasteiger partial charge in [0.05, 0.1) is 13.2 Å². The number of nitrogens with one attached hydrogen (secondary N) is 1. The van der Waals surface area contributed by atoms with Crippen LogP contribution in [-0.2, 0) is 9.53 Å². The highest BCUT2D eigenvalue weighted by atomic mass is 19.4. The fraction of sp³-hybridized carbons (Fsp3) is 0.909. The molecule has 0 radical (unpaired) electrons. The van der Waals surface area contributed by atoms with Gasteiger partial charge in [-0.25, -0.2) is 0 Å². The van der Waals surface area contributed by atoms with Crippen LogP contribution >= 0.6 is 0 Å². The Hall–Kier alpha value is -0.860. The fourth-order valence-corrected chi connectivity index (χ4v) is 2.31. The van der Waals surface area contributed by atoms with E-state index in [0.717, 1.165) is 6.54 Å². The van der Waals surface area contributed by atoms with Gasteiger partial charge in [-0.2, -0.15) is 13.2 Å². The number of hydrogen-bond acceptors (Lipinski definition) is 4. The normalized spacial score (nSPS) is 26.5. The van der Waals surface area contributed by atoms with Gasteiger partial charge in [-0.05, 0) is 0 Å². The number of carbonyl (C=O) groups excluding carboxylic acids is 1. The average molecular weight is 281 g/mol. The van der Waals surface area contributed by atoms with Gasteiger partial charge in [0.25, 0.3) is 5.91 Å². The first-order valence-electron chi connectivity index (χ1n) is 6.36. The summed E-state index contributed by atoms with van der Waals surface area (Å²) in [6.07, 6.45) is -4.68. The minimum absolute atomic E-state index is 0.126. The van der Waals surface area contributed by atoms with Gasteiger partial charge >= 0.3 is 6.18 Å². The number of halogens is 3. The molecule has 0 spiro atoms. The predicted molar refractivity (Wildman–Crippen MR) is 61.7 cm³/mol. The number of hydrogen-bond donors (Lipinski definition) is 1. The molecule has 19 heavy (non-hydrogen) atoms. The van der Waals surface area contributed by atoms with Crippen LogP contribution in [0.4, 0.5) is 13.2 Å². The number of carbonyl (C=O) groups is 1. The van der Waals surface area contributed by atoms with Gasteiger partial charge in [0.15, 0.2) is 0 Å². The van der Waals surface area contributed by atoms with E-state index in [1.54, 1.807) is 4.90 Å². The van der Waals surface area contributed by atoms with Gasteiger partial charge in [-0.1, -0.05) is 0 Å². The lowest BCUT2D eigenvalue weighted by molar-refractivity contribution is -0.156. The lowest BCUT2D eigenvalue weighted by Gasteiger charge is -2.37. The topological polar surface area (TPSA) is 44.8 Å². The van der Waals surface area contributed by atoms with E-state index >= 15 is 0 Å². The van der Waals surface area contributed by atoms with Gasteiger partial charge in [-0.3, -0.25) is 9.69 Å². The van der Waals surface area contributed by atoms with E-state index < -0.39 is 18.8 Å². The minimum Gasteiger partial charge on any atom is -0.366 e. The molecule has 1 amide bonds. The minimum atomic E-state index is -4.18. The molecule has 2 fully saturated rings. The van der Waals surface area contributed by atoms with Crippen LogP contribution in [0.25, 0.3) is 0 Å².